The fourth-order valence-electron chi connectivity index (χ4n) is 2.39. The van der Waals surface area contributed by atoms with Crippen LogP contribution in [0.25, 0.3) is 0 Å². The van der Waals surface area contributed by atoms with E-state index in [4.69, 9.17) is 10.5 Å². The van der Waals surface area contributed by atoms with Crippen LogP contribution in [0.4, 0.5) is 5.69 Å². The molecule has 5 nitrogen and oxygen atoms in total. The van der Waals surface area contributed by atoms with Gasteiger partial charge in [0.05, 0.1) is 0 Å². The lowest BCUT2D eigenvalue weighted by molar-refractivity contribution is -0.118. The zero-order valence-corrected chi connectivity index (χ0v) is 13.8. The summed E-state index contributed by atoms with van der Waals surface area (Å²) in [6, 6.07) is 19.8. The van der Waals surface area contributed by atoms with Crippen molar-refractivity contribution in [2.24, 2.45) is 5.73 Å². The number of hydrogen-bond acceptors (Lipinski definition) is 4. The maximum absolute atomic E-state index is 11.8. The Hall–Kier alpha value is -3.34. The van der Waals surface area contributed by atoms with Crippen LogP contribution in [0.5, 0.6) is 11.6 Å². The molecule has 0 unspecified atom stereocenters. The van der Waals surface area contributed by atoms with Crippen LogP contribution in [0.2, 0.25) is 0 Å². The van der Waals surface area contributed by atoms with Crippen LogP contribution in [0.15, 0.2) is 72.9 Å². The molecule has 1 amide bonds. The van der Waals surface area contributed by atoms with Crippen LogP contribution in [0, 0.1) is 6.92 Å². The zero-order valence-electron chi connectivity index (χ0n) is 13.8. The van der Waals surface area contributed by atoms with Crippen LogP contribution >= 0.6 is 0 Å². The predicted molar refractivity (Wildman–Crippen MR) is 97.5 cm³/mol. The number of nitrogens with two attached hydrogens (primary N) is 1. The van der Waals surface area contributed by atoms with Crippen LogP contribution in [-0.2, 0) is 4.79 Å². The minimum atomic E-state index is -0.591. The van der Waals surface area contributed by atoms with Crippen molar-refractivity contribution < 1.29 is 9.53 Å². The van der Waals surface area contributed by atoms with Gasteiger partial charge in [-0.1, -0.05) is 36.4 Å². The van der Waals surface area contributed by atoms with Gasteiger partial charge in [-0.15, -0.1) is 0 Å². The number of carbonyl (C=O) groups excluding carboxylic acids is 1. The van der Waals surface area contributed by atoms with Crippen molar-refractivity contribution in [1.82, 2.24) is 4.98 Å². The number of amides is 1. The molecule has 1 atom stereocenters. The molecule has 1 heterocycles. The maximum Gasteiger partial charge on any atom is 0.244 e. The largest absolute Gasteiger partial charge is 0.439 e. The van der Waals surface area contributed by atoms with Crippen molar-refractivity contribution in [1.29, 1.82) is 0 Å². The monoisotopic (exact) mass is 333 g/mol. The molecular weight excluding hydrogens is 314 g/mol. The summed E-state index contributed by atoms with van der Waals surface area (Å²) < 4.78 is 5.69. The third kappa shape index (κ3) is 4.35. The van der Waals surface area contributed by atoms with Gasteiger partial charge in [0.15, 0.2) is 0 Å². The molecule has 0 radical (unpaired) electrons. The summed E-state index contributed by atoms with van der Waals surface area (Å²) in [5.74, 6) is 0.762. The van der Waals surface area contributed by atoms with Gasteiger partial charge in [0.2, 0.25) is 11.8 Å². The molecule has 3 N–H and O–H groups in total. The molecule has 2 aromatic carbocycles. The summed E-state index contributed by atoms with van der Waals surface area (Å²) in [7, 11) is 0. The van der Waals surface area contributed by atoms with E-state index in [2.05, 4.69) is 10.3 Å². The van der Waals surface area contributed by atoms with E-state index < -0.39 is 11.9 Å². The van der Waals surface area contributed by atoms with Gasteiger partial charge in [-0.05, 0) is 42.3 Å². The molecule has 3 rings (SSSR count). The molecular formula is C20H19N3O2. The lowest BCUT2D eigenvalue weighted by atomic mass is 10.1. The smallest absolute Gasteiger partial charge is 0.244 e. The third-order valence-corrected chi connectivity index (χ3v) is 3.69. The quantitative estimate of drug-likeness (QED) is 0.719. The predicted octanol–water partition coefficient (Wildman–Crippen LogP) is 3.82. The molecule has 0 bridgehead atoms. The second kappa shape index (κ2) is 7.49. The maximum atomic E-state index is 11.8. The Morgan fingerprint density at radius 3 is 2.36 bits per heavy atom. The van der Waals surface area contributed by atoms with E-state index in [1.807, 2.05) is 73.7 Å². The average Bonchev–Trinajstić information content (AvgIpc) is 2.63. The Morgan fingerprint density at radius 1 is 1.04 bits per heavy atom. The molecule has 0 spiro atoms. The normalized spacial score (nSPS) is 11.6. The number of aromatic nitrogens is 1. The first-order valence-corrected chi connectivity index (χ1v) is 7.93. The van der Waals surface area contributed by atoms with Gasteiger partial charge in [-0.2, -0.15) is 0 Å². The first kappa shape index (κ1) is 16.5. The first-order chi connectivity index (χ1) is 12.1. The van der Waals surface area contributed by atoms with Crippen molar-refractivity contribution >= 4 is 11.6 Å². The molecule has 0 aliphatic carbocycles. The molecule has 0 saturated heterocycles. The second-order valence-electron chi connectivity index (χ2n) is 5.69. The molecule has 25 heavy (non-hydrogen) atoms. The summed E-state index contributed by atoms with van der Waals surface area (Å²) in [5.41, 5.74) is 8.19. The third-order valence-electron chi connectivity index (χ3n) is 3.69. The molecule has 0 fully saturated rings. The number of anilines is 1. The van der Waals surface area contributed by atoms with E-state index in [9.17, 15) is 4.79 Å². The van der Waals surface area contributed by atoms with Crippen LogP contribution in [-0.4, -0.2) is 10.9 Å². The standard InChI is InChI=1S/C20H19N3O2/c1-14-7-12-18(22-13-14)25-17-10-8-16(9-11-17)23-19(20(21)24)15-5-3-2-4-6-15/h2-13,19,23H,1H3,(H2,21,24)/t19-/m1/s1. The summed E-state index contributed by atoms with van der Waals surface area (Å²) in [6.07, 6.45) is 1.75. The van der Waals surface area contributed by atoms with Crippen molar-refractivity contribution in [3.63, 3.8) is 0 Å². The Bertz CT molecular complexity index is 831. The Balaban J connectivity index is 1.71. The SMILES string of the molecule is Cc1ccc(Oc2ccc(N[C@@H](C(N)=O)c3ccccc3)cc2)nc1. The number of benzene rings is 2. The number of carbonyl (C=O) groups is 1. The van der Waals surface area contributed by atoms with Crippen LogP contribution < -0.4 is 15.8 Å². The van der Waals surface area contributed by atoms with Crippen molar-refractivity contribution in [2.45, 2.75) is 13.0 Å². The van der Waals surface area contributed by atoms with Gasteiger partial charge in [0, 0.05) is 18.0 Å². The van der Waals surface area contributed by atoms with Crippen molar-refractivity contribution in [2.75, 3.05) is 5.32 Å². The van der Waals surface area contributed by atoms with Gasteiger partial charge < -0.3 is 15.8 Å². The summed E-state index contributed by atoms with van der Waals surface area (Å²) >= 11 is 0. The minimum absolute atomic E-state index is 0.435. The van der Waals surface area contributed by atoms with Gasteiger partial charge in [0.25, 0.3) is 0 Å². The lowest BCUT2D eigenvalue weighted by Crippen LogP contribution is -2.27. The number of nitrogens with zero attached hydrogens (tertiary/aromatic N) is 1. The molecule has 3 aromatic rings. The van der Waals surface area contributed by atoms with Crippen molar-refractivity contribution in [3.8, 4) is 11.6 Å². The fourth-order valence-corrected chi connectivity index (χ4v) is 2.39. The van der Waals surface area contributed by atoms with E-state index in [0.29, 0.717) is 11.6 Å². The Morgan fingerprint density at radius 2 is 1.76 bits per heavy atom. The van der Waals surface area contributed by atoms with E-state index in [-0.39, 0.29) is 0 Å². The summed E-state index contributed by atoms with van der Waals surface area (Å²) in [5, 5.41) is 3.15. The zero-order chi connectivity index (χ0) is 17.6. The highest BCUT2D eigenvalue weighted by molar-refractivity contribution is 5.84. The number of hydrogen-bond donors (Lipinski definition) is 2. The minimum Gasteiger partial charge on any atom is -0.439 e. The highest BCUT2D eigenvalue weighted by Crippen LogP contribution is 2.24. The van der Waals surface area contributed by atoms with Gasteiger partial charge >= 0.3 is 0 Å². The van der Waals surface area contributed by atoms with Crippen LogP contribution in [0.3, 0.4) is 0 Å². The number of pyridine rings is 1. The van der Waals surface area contributed by atoms with E-state index in [1.165, 1.54) is 0 Å². The highest BCUT2D eigenvalue weighted by atomic mass is 16.5. The fraction of sp³-hybridized carbons (Fsp3) is 0.100. The molecule has 0 aliphatic rings. The summed E-state index contributed by atoms with van der Waals surface area (Å²) in [4.78, 5) is 16.0. The topological polar surface area (TPSA) is 77.2 Å². The van der Waals surface area contributed by atoms with Gasteiger partial charge in [-0.25, -0.2) is 4.98 Å². The van der Waals surface area contributed by atoms with Crippen LogP contribution in [0.1, 0.15) is 17.2 Å². The molecule has 126 valence electrons. The number of rotatable bonds is 6. The van der Waals surface area contributed by atoms with E-state index in [1.54, 1.807) is 6.20 Å². The van der Waals surface area contributed by atoms with Gasteiger partial charge in [0.1, 0.15) is 11.8 Å². The number of aryl methyl sites for hydroxylation is 1. The van der Waals surface area contributed by atoms with E-state index in [0.717, 1.165) is 16.8 Å². The first-order valence-electron chi connectivity index (χ1n) is 7.93. The number of primary amides is 1. The van der Waals surface area contributed by atoms with Crippen molar-refractivity contribution in [3.05, 3.63) is 84.1 Å². The lowest BCUT2D eigenvalue weighted by Gasteiger charge is -2.17. The molecule has 5 heteroatoms. The second-order valence-corrected chi connectivity index (χ2v) is 5.69. The highest BCUT2D eigenvalue weighted by Gasteiger charge is 2.17. The Labute approximate surface area is 146 Å². The Kier molecular flexibility index (Phi) is 4.95. The molecule has 0 saturated carbocycles. The summed E-state index contributed by atoms with van der Waals surface area (Å²) in [6.45, 7) is 1.97. The van der Waals surface area contributed by atoms with E-state index >= 15 is 0 Å². The van der Waals surface area contributed by atoms with Gasteiger partial charge in [-0.3, -0.25) is 4.79 Å². The molecule has 0 aliphatic heterocycles. The molecule has 1 aromatic heterocycles. The number of nitrogens with one attached hydrogen (secondary N) is 1. The number of ether oxygens (including phenoxy) is 1. The average molecular weight is 333 g/mol.